The van der Waals surface area contributed by atoms with Crippen molar-refractivity contribution in [2.45, 2.75) is 44.6 Å². The number of thiophene rings is 1. The van der Waals surface area contributed by atoms with Gasteiger partial charge in [0, 0.05) is 13.2 Å². The number of carboxylic acid groups (broad SMARTS) is 1. The predicted octanol–water partition coefficient (Wildman–Crippen LogP) is 2.92. The molecule has 1 aliphatic rings. The summed E-state index contributed by atoms with van der Waals surface area (Å²) in [6, 6.07) is 3.00. The van der Waals surface area contributed by atoms with Crippen molar-refractivity contribution in [3.63, 3.8) is 0 Å². The lowest BCUT2D eigenvalue weighted by Crippen LogP contribution is -2.25. The summed E-state index contributed by atoms with van der Waals surface area (Å²) in [5, 5.41) is 11.6. The number of rotatable bonds is 7. The third-order valence-electron chi connectivity index (χ3n) is 3.55. The quantitative estimate of drug-likeness (QED) is 0.759. The zero-order valence-corrected chi connectivity index (χ0v) is 12.8. The molecule has 0 aromatic carbocycles. The molecule has 1 aromatic heterocycles. The van der Waals surface area contributed by atoms with Crippen molar-refractivity contribution in [1.29, 1.82) is 0 Å². The number of carbonyl (C=O) groups excluding carboxylic acids is 1. The van der Waals surface area contributed by atoms with Gasteiger partial charge in [-0.3, -0.25) is 4.79 Å². The molecular weight excluding hydrogens is 290 g/mol. The van der Waals surface area contributed by atoms with E-state index in [2.05, 4.69) is 5.32 Å². The Labute approximate surface area is 128 Å². The predicted molar refractivity (Wildman–Crippen MR) is 81.1 cm³/mol. The Kier molecular flexibility index (Phi) is 6.20. The van der Waals surface area contributed by atoms with Gasteiger partial charge in [0.2, 0.25) is 0 Å². The van der Waals surface area contributed by atoms with Crippen LogP contribution in [0.2, 0.25) is 0 Å². The van der Waals surface area contributed by atoms with Crippen molar-refractivity contribution >= 4 is 23.2 Å². The second kappa shape index (κ2) is 8.14. The fourth-order valence-electron chi connectivity index (χ4n) is 2.42. The lowest BCUT2D eigenvalue weighted by Gasteiger charge is -2.21. The molecule has 1 fully saturated rings. The molecule has 0 atom stereocenters. The summed E-state index contributed by atoms with van der Waals surface area (Å²) in [7, 11) is 0. The number of ether oxygens (including phenoxy) is 1. The van der Waals surface area contributed by atoms with Gasteiger partial charge in [0.1, 0.15) is 4.88 Å². The Balaban J connectivity index is 1.61. The number of carbonyl (C=O) groups is 2. The zero-order valence-electron chi connectivity index (χ0n) is 12.0. The Hall–Kier alpha value is -1.40. The number of hydrogen-bond donors (Lipinski definition) is 2. The molecule has 6 heteroatoms. The maximum absolute atomic E-state index is 11.8. The molecule has 2 rings (SSSR count). The van der Waals surface area contributed by atoms with Crippen LogP contribution < -0.4 is 5.32 Å². The van der Waals surface area contributed by atoms with Crippen LogP contribution in [0.1, 0.15) is 57.9 Å². The highest BCUT2D eigenvalue weighted by Crippen LogP contribution is 2.20. The van der Waals surface area contributed by atoms with Gasteiger partial charge in [-0.15, -0.1) is 11.3 Å². The molecule has 1 amide bonds. The van der Waals surface area contributed by atoms with Crippen molar-refractivity contribution in [1.82, 2.24) is 5.32 Å². The van der Waals surface area contributed by atoms with Crippen LogP contribution >= 0.6 is 11.3 Å². The van der Waals surface area contributed by atoms with Gasteiger partial charge < -0.3 is 15.2 Å². The van der Waals surface area contributed by atoms with Crippen LogP contribution in [0.15, 0.2) is 12.1 Å². The topological polar surface area (TPSA) is 75.6 Å². The third-order valence-corrected chi connectivity index (χ3v) is 4.63. The van der Waals surface area contributed by atoms with Gasteiger partial charge in [0.05, 0.1) is 11.0 Å². The second-order valence-electron chi connectivity index (χ2n) is 5.21. The molecule has 21 heavy (non-hydrogen) atoms. The van der Waals surface area contributed by atoms with E-state index in [-0.39, 0.29) is 10.8 Å². The molecular formula is C15H21NO4S. The van der Waals surface area contributed by atoms with Crippen molar-refractivity contribution in [3.05, 3.63) is 21.9 Å². The average molecular weight is 311 g/mol. The van der Waals surface area contributed by atoms with Crippen molar-refractivity contribution in [2.24, 2.45) is 0 Å². The smallest absolute Gasteiger partial charge is 0.345 e. The van der Waals surface area contributed by atoms with E-state index in [9.17, 15) is 9.59 Å². The Morgan fingerprint density at radius 2 is 1.95 bits per heavy atom. The minimum absolute atomic E-state index is 0.181. The van der Waals surface area contributed by atoms with Crippen LogP contribution in [0.4, 0.5) is 0 Å². The largest absolute Gasteiger partial charge is 0.477 e. The van der Waals surface area contributed by atoms with E-state index in [1.807, 2.05) is 0 Å². The van der Waals surface area contributed by atoms with Crippen molar-refractivity contribution < 1.29 is 19.4 Å². The molecule has 5 nitrogen and oxygen atoms in total. The first-order valence-electron chi connectivity index (χ1n) is 7.40. The second-order valence-corrected chi connectivity index (χ2v) is 6.29. The summed E-state index contributed by atoms with van der Waals surface area (Å²) in [4.78, 5) is 23.2. The molecule has 116 valence electrons. The summed E-state index contributed by atoms with van der Waals surface area (Å²) in [6.45, 7) is 1.21. The van der Waals surface area contributed by atoms with Gasteiger partial charge in [0.15, 0.2) is 0 Å². The van der Waals surface area contributed by atoms with Crippen molar-refractivity contribution in [3.8, 4) is 0 Å². The molecule has 0 aliphatic heterocycles. The van der Waals surface area contributed by atoms with Crippen LogP contribution in [0.3, 0.4) is 0 Å². The summed E-state index contributed by atoms with van der Waals surface area (Å²) in [6.07, 6.45) is 7.30. The fraction of sp³-hybridized carbons (Fsp3) is 0.600. The van der Waals surface area contributed by atoms with E-state index in [1.165, 1.54) is 25.3 Å². The summed E-state index contributed by atoms with van der Waals surface area (Å²) < 4.78 is 5.78. The Morgan fingerprint density at radius 3 is 2.62 bits per heavy atom. The van der Waals surface area contributed by atoms with E-state index in [0.29, 0.717) is 24.1 Å². The fourth-order valence-corrected chi connectivity index (χ4v) is 3.18. The van der Waals surface area contributed by atoms with Crippen LogP contribution in [0.5, 0.6) is 0 Å². The van der Waals surface area contributed by atoms with E-state index in [4.69, 9.17) is 9.84 Å². The minimum Gasteiger partial charge on any atom is -0.477 e. The molecule has 1 aromatic rings. The standard InChI is InChI=1S/C15H21NO4S/c17-14(12-7-8-13(21-12)15(18)19)16-9-4-10-20-11-5-2-1-3-6-11/h7-8,11H,1-6,9-10H2,(H,16,17)(H,18,19). The van der Waals surface area contributed by atoms with Crippen molar-refractivity contribution in [2.75, 3.05) is 13.2 Å². The highest BCUT2D eigenvalue weighted by molar-refractivity contribution is 7.15. The average Bonchev–Trinajstić information content (AvgIpc) is 2.98. The van der Waals surface area contributed by atoms with E-state index >= 15 is 0 Å². The third kappa shape index (κ3) is 5.13. The maximum atomic E-state index is 11.8. The highest BCUT2D eigenvalue weighted by atomic mass is 32.1. The lowest BCUT2D eigenvalue weighted by atomic mass is 9.98. The van der Waals surface area contributed by atoms with Gasteiger partial charge in [-0.05, 0) is 31.4 Å². The molecule has 0 saturated heterocycles. The SMILES string of the molecule is O=C(O)c1ccc(C(=O)NCCCOC2CCCCC2)s1. The molecule has 1 aliphatic carbocycles. The van der Waals surface area contributed by atoms with Crippen LogP contribution in [0, 0.1) is 0 Å². The summed E-state index contributed by atoms with van der Waals surface area (Å²) in [5.41, 5.74) is 0. The Bertz CT molecular complexity index is 480. The van der Waals surface area contributed by atoms with E-state index in [1.54, 1.807) is 6.07 Å². The van der Waals surface area contributed by atoms with Crippen LogP contribution in [0.25, 0.3) is 0 Å². The highest BCUT2D eigenvalue weighted by Gasteiger charge is 2.14. The van der Waals surface area contributed by atoms with E-state index in [0.717, 1.165) is 30.6 Å². The minimum atomic E-state index is -1.00. The zero-order chi connectivity index (χ0) is 15.1. The number of amides is 1. The molecule has 0 radical (unpaired) electrons. The first-order chi connectivity index (χ1) is 10.2. The number of nitrogens with one attached hydrogen (secondary N) is 1. The molecule has 0 bridgehead atoms. The van der Waals surface area contributed by atoms with E-state index < -0.39 is 5.97 Å². The number of hydrogen-bond acceptors (Lipinski definition) is 4. The van der Waals surface area contributed by atoms with Gasteiger partial charge in [-0.1, -0.05) is 19.3 Å². The first kappa shape index (κ1) is 16.0. The molecule has 0 unspecified atom stereocenters. The Morgan fingerprint density at radius 1 is 1.24 bits per heavy atom. The number of carboxylic acids is 1. The molecule has 0 spiro atoms. The molecule has 2 N–H and O–H groups in total. The van der Waals surface area contributed by atoms with Gasteiger partial charge in [-0.2, -0.15) is 0 Å². The maximum Gasteiger partial charge on any atom is 0.345 e. The van der Waals surface area contributed by atoms with Crippen LogP contribution in [-0.2, 0) is 4.74 Å². The van der Waals surface area contributed by atoms with Gasteiger partial charge in [-0.25, -0.2) is 4.79 Å². The summed E-state index contributed by atoms with van der Waals surface area (Å²) >= 11 is 0.993. The van der Waals surface area contributed by atoms with Crippen LogP contribution in [-0.4, -0.2) is 36.2 Å². The van der Waals surface area contributed by atoms with Gasteiger partial charge in [0.25, 0.3) is 5.91 Å². The normalized spacial score (nSPS) is 15.8. The molecule has 1 saturated carbocycles. The lowest BCUT2D eigenvalue weighted by molar-refractivity contribution is 0.0273. The monoisotopic (exact) mass is 311 g/mol. The number of aromatic carboxylic acids is 1. The first-order valence-corrected chi connectivity index (χ1v) is 8.21. The summed E-state index contributed by atoms with van der Waals surface area (Å²) in [5.74, 6) is -1.22. The molecule has 1 heterocycles. The van der Waals surface area contributed by atoms with Gasteiger partial charge >= 0.3 is 5.97 Å².